The Hall–Kier alpha value is -2.94. The molecule has 0 aliphatic carbocycles. The molecule has 0 spiro atoms. The molecule has 0 radical (unpaired) electrons. The minimum absolute atomic E-state index is 0.124. The van der Waals surface area contributed by atoms with Crippen molar-refractivity contribution in [2.45, 2.75) is 32.4 Å². The molecular formula is C29H33FN2O2. The molecule has 2 heterocycles. The third kappa shape index (κ3) is 5.94. The van der Waals surface area contributed by atoms with Crippen molar-refractivity contribution in [3.05, 3.63) is 71.4 Å². The van der Waals surface area contributed by atoms with Crippen molar-refractivity contribution in [1.29, 1.82) is 0 Å². The van der Waals surface area contributed by atoms with Gasteiger partial charge in [-0.1, -0.05) is 29.5 Å². The van der Waals surface area contributed by atoms with E-state index in [1.165, 1.54) is 5.56 Å². The number of hydrogen-bond donors (Lipinski definition) is 1. The number of fused-ring (bicyclic) bond motifs is 1. The summed E-state index contributed by atoms with van der Waals surface area (Å²) in [6, 6.07) is 15.6. The van der Waals surface area contributed by atoms with Crippen LogP contribution in [0.2, 0.25) is 0 Å². The van der Waals surface area contributed by atoms with Crippen LogP contribution >= 0.6 is 0 Å². The van der Waals surface area contributed by atoms with Gasteiger partial charge in [0.05, 0.1) is 19.2 Å². The molecule has 4 rings (SSSR count). The van der Waals surface area contributed by atoms with Crippen molar-refractivity contribution >= 4 is 10.9 Å². The smallest absolute Gasteiger partial charge is 0.126 e. The zero-order valence-corrected chi connectivity index (χ0v) is 20.0. The molecule has 1 aliphatic heterocycles. The van der Waals surface area contributed by atoms with E-state index in [0.29, 0.717) is 30.2 Å². The SMILES string of the molecule is COc1ccc2nccc([C@H](F)CC[C@@H]3CCN(CC#Cc4ccc(C)cc4)C[C@@H]3CO)c2c1. The molecule has 0 amide bonds. The largest absolute Gasteiger partial charge is 0.497 e. The molecule has 1 N–H and O–H groups in total. The molecule has 0 saturated carbocycles. The average molecular weight is 461 g/mol. The summed E-state index contributed by atoms with van der Waals surface area (Å²) in [5.74, 6) is 7.66. The standard InChI is InChI=1S/C29H33FN2O2/c1-21-5-7-22(8-6-21)4-3-16-32-17-14-23(24(19-32)20-33)9-11-28(30)26-13-15-31-29-12-10-25(34-2)18-27(26)29/h5-8,10,12-13,15,18,23-24,28,33H,9,11,14,16-17,19-20H2,1-2H3/t23-,24-,28-/m1/s1. The van der Waals surface area contributed by atoms with E-state index in [1.807, 2.05) is 30.3 Å². The fourth-order valence-electron chi connectivity index (χ4n) is 4.84. The Labute approximate surface area is 201 Å². The van der Waals surface area contributed by atoms with Gasteiger partial charge in [0, 0.05) is 30.3 Å². The lowest BCUT2D eigenvalue weighted by molar-refractivity contribution is 0.0708. The molecule has 34 heavy (non-hydrogen) atoms. The highest BCUT2D eigenvalue weighted by atomic mass is 19.1. The van der Waals surface area contributed by atoms with Crippen LogP contribution in [0.15, 0.2) is 54.7 Å². The third-order valence-electron chi connectivity index (χ3n) is 6.91. The highest BCUT2D eigenvalue weighted by molar-refractivity contribution is 5.83. The van der Waals surface area contributed by atoms with Gasteiger partial charge < -0.3 is 9.84 Å². The van der Waals surface area contributed by atoms with Crippen molar-refractivity contribution in [2.75, 3.05) is 33.4 Å². The first-order valence-corrected chi connectivity index (χ1v) is 12.0. The minimum Gasteiger partial charge on any atom is -0.497 e. The van der Waals surface area contributed by atoms with E-state index in [9.17, 15) is 5.11 Å². The van der Waals surface area contributed by atoms with E-state index in [4.69, 9.17) is 4.74 Å². The first-order chi connectivity index (χ1) is 16.6. The van der Waals surface area contributed by atoms with Crippen LogP contribution in [0, 0.1) is 30.6 Å². The molecule has 1 saturated heterocycles. The Morgan fingerprint density at radius 3 is 2.76 bits per heavy atom. The maximum Gasteiger partial charge on any atom is 0.126 e. The fourth-order valence-corrected chi connectivity index (χ4v) is 4.84. The van der Waals surface area contributed by atoms with Crippen LogP contribution in [0.25, 0.3) is 10.9 Å². The number of aliphatic hydroxyl groups is 1. The summed E-state index contributed by atoms with van der Waals surface area (Å²) in [5, 5.41) is 10.8. The van der Waals surface area contributed by atoms with Crippen LogP contribution < -0.4 is 4.74 Å². The first-order valence-electron chi connectivity index (χ1n) is 12.0. The average Bonchev–Trinajstić information content (AvgIpc) is 2.88. The predicted octanol–water partition coefficient (Wildman–Crippen LogP) is 5.32. The number of aromatic nitrogens is 1. The van der Waals surface area contributed by atoms with Crippen molar-refractivity contribution < 1.29 is 14.2 Å². The van der Waals surface area contributed by atoms with Crippen molar-refractivity contribution in [1.82, 2.24) is 9.88 Å². The van der Waals surface area contributed by atoms with Gasteiger partial charge in [0.15, 0.2) is 0 Å². The van der Waals surface area contributed by atoms with E-state index in [2.05, 4.69) is 40.8 Å². The van der Waals surface area contributed by atoms with Gasteiger partial charge in [-0.15, -0.1) is 0 Å². The van der Waals surface area contributed by atoms with Gasteiger partial charge in [0.1, 0.15) is 11.9 Å². The summed E-state index contributed by atoms with van der Waals surface area (Å²) in [7, 11) is 1.61. The summed E-state index contributed by atoms with van der Waals surface area (Å²) >= 11 is 0. The van der Waals surface area contributed by atoms with E-state index < -0.39 is 6.17 Å². The normalized spacial score (nSPS) is 19.4. The van der Waals surface area contributed by atoms with Crippen LogP contribution in [0.1, 0.15) is 42.1 Å². The maximum absolute atomic E-state index is 15.4. The van der Waals surface area contributed by atoms with E-state index >= 15 is 4.39 Å². The molecule has 178 valence electrons. The van der Waals surface area contributed by atoms with Gasteiger partial charge in [-0.3, -0.25) is 9.88 Å². The second kappa shape index (κ2) is 11.5. The van der Waals surface area contributed by atoms with Gasteiger partial charge in [-0.05, 0) is 86.5 Å². The highest BCUT2D eigenvalue weighted by Gasteiger charge is 2.29. The Morgan fingerprint density at radius 2 is 2.00 bits per heavy atom. The van der Waals surface area contributed by atoms with Gasteiger partial charge in [-0.25, -0.2) is 4.39 Å². The predicted molar refractivity (Wildman–Crippen MR) is 135 cm³/mol. The number of benzene rings is 2. The summed E-state index contributed by atoms with van der Waals surface area (Å²) in [4.78, 5) is 6.66. The molecule has 3 aromatic rings. The molecule has 0 unspecified atom stereocenters. The summed E-state index contributed by atoms with van der Waals surface area (Å²) in [5.41, 5.74) is 3.68. The molecule has 0 bridgehead atoms. The number of methoxy groups -OCH3 is 1. The zero-order chi connectivity index (χ0) is 23.9. The molecule has 1 aliphatic rings. The minimum atomic E-state index is -1.07. The number of likely N-dealkylation sites (tertiary alicyclic amines) is 1. The van der Waals surface area contributed by atoms with Crippen molar-refractivity contribution in [3.63, 3.8) is 0 Å². The topological polar surface area (TPSA) is 45.6 Å². The van der Waals surface area contributed by atoms with E-state index in [0.717, 1.165) is 42.4 Å². The number of halogens is 1. The number of nitrogens with zero attached hydrogens (tertiary/aromatic N) is 2. The lowest BCUT2D eigenvalue weighted by atomic mass is 9.81. The molecule has 3 atom stereocenters. The third-order valence-corrected chi connectivity index (χ3v) is 6.91. The van der Waals surface area contributed by atoms with Gasteiger partial charge in [0.25, 0.3) is 0 Å². The lowest BCUT2D eigenvalue weighted by Crippen LogP contribution is -2.42. The molecule has 1 aromatic heterocycles. The monoisotopic (exact) mass is 460 g/mol. The van der Waals surface area contributed by atoms with Crippen molar-refractivity contribution in [2.24, 2.45) is 11.8 Å². The van der Waals surface area contributed by atoms with Crippen molar-refractivity contribution in [3.8, 4) is 17.6 Å². The summed E-state index contributed by atoms with van der Waals surface area (Å²) < 4.78 is 20.7. The summed E-state index contributed by atoms with van der Waals surface area (Å²) in [6.45, 7) is 4.61. The number of rotatable bonds is 7. The number of hydrogen-bond acceptors (Lipinski definition) is 4. The summed E-state index contributed by atoms with van der Waals surface area (Å²) in [6.07, 6.45) is 2.74. The number of ether oxygens (including phenoxy) is 1. The lowest BCUT2D eigenvalue weighted by Gasteiger charge is -2.37. The highest BCUT2D eigenvalue weighted by Crippen LogP contribution is 2.35. The number of aryl methyl sites for hydroxylation is 1. The zero-order valence-electron chi connectivity index (χ0n) is 20.0. The molecule has 2 aromatic carbocycles. The maximum atomic E-state index is 15.4. The van der Waals surface area contributed by atoms with Crippen LogP contribution in [0.4, 0.5) is 4.39 Å². The van der Waals surface area contributed by atoms with Gasteiger partial charge in [0.2, 0.25) is 0 Å². The van der Waals surface area contributed by atoms with Crippen LogP contribution in [0.3, 0.4) is 0 Å². The second-order valence-corrected chi connectivity index (χ2v) is 9.22. The van der Waals surface area contributed by atoms with Gasteiger partial charge >= 0.3 is 0 Å². The Bertz CT molecular complexity index is 1150. The molecule has 5 heteroatoms. The quantitative estimate of drug-likeness (QED) is 0.485. The Balaban J connectivity index is 1.33. The Morgan fingerprint density at radius 1 is 1.18 bits per heavy atom. The first kappa shape index (κ1) is 24.2. The van der Waals surface area contributed by atoms with Crippen LogP contribution in [-0.4, -0.2) is 48.3 Å². The fraction of sp³-hybridized carbons (Fsp3) is 0.414. The van der Waals surface area contributed by atoms with Crippen LogP contribution in [0.5, 0.6) is 5.75 Å². The number of piperidine rings is 1. The van der Waals surface area contributed by atoms with E-state index in [1.54, 1.807) is 19.4 Å². The number of alkyl halides is 1. The van der Waals surface area contributed by atoms with E-state index in [-0.39, 0.29) is 12.5 Å². The number of aliphatic hydroxyl groups excluding tert-OH is 1. The van der Waals surface area contributed by atoms with Crippen LogP contribution in [-0.2, 0) is 0 Å². The second-order valence-electron chi connectivity index (χ2n) is 9.22. The molecular weight excluding hydrogens is 427 g/mol. The molecule has 4 nitrogen and oxygen atoms in total. The molecule has 1 fully saturated rings. The Kier molecular flexibility index (Phi) is 8.16. The number of pyridine rings is 1. The van der Waals surface area contributed by atoms with Gasteiger partial charge in [-0.2, -0.15) is 0 Å².